The Morgan fingerprint density at radius 3 is 2.48 bits per heavy atom. The van der Waals surface area contributed by atoms with E-state index in [1.165, 1.54) is 22.3 Å². The van der Waals surface area contributed by atoms with E-state index in [4.69, 9.17) is 11.6 Å². The number of alkyl halides is 1. The highest BCUT2D eigenvalue weighted by Crippen LogP contribution is 2.25. The molecular weight excluding hydrogens is 432 g/mol. The predicted molar refractivity (Wildman–Crippen MR) is 134 cm³/mol. The summed E-state index contributed by atoms with van der Waals surface area (Å²) in [6, 6.07) is 15.1. The Morgan fingerprint density at radius 2 is 1.76 bits per heavy atom. The third kappa shape index (κ3) is 6.45. The minimum absolute atomic E-state index is 0.0209. The molecule has 5 heteroatoms. The zero-order chi connectivity index (χ0) is 23.2. The molecule has 1 saturated heterocycles. The molecule has 0 saturated carbocycles. The Bertz CT molecular complexity index is 964. The minimum Gasteiger partial charge on any atom is -0.342 e. The average Bonchev–Trinajstić information content (AvgIpc) is 3.04. The van der Waals surface area contributed by atoms with Crippen LogP contribution < -0.4 is 0 Å². The van der Waals surface area contributed by atoms with Crippen molar-refractivity contribution in [2.24, 2.45) is 5.92 Å². The molecule has 33 heavy (non-hydrogen) atoms. The lowest BCUT2D eigenvalue weighted by atomic mass is 9.89. The zero-order valence-electron chi connectivity index (χ0n) is 19.7. The number of nitrogens with zero attached hydrogens (tertiary/aromatic N) is 2. The molecule has 2 aromatic rings. The minimum atomic E-state index is 0.0209. The quantitative estimate of drug-likeness (QED) is 0.406. The number of ketones is 1. The van der Waals surface area contributed by atoms with E-state index in [-0.39, 0.29) is 17.6 Å². The Hall–Kier alpha value is -2.17. The summed E-state index contributed by atoms with van der Waals surface area (Å²) < 4.78 is 0. The number of aryl methyl sites for hydroxylation is 2. The lowest BCUT2D eigenvalue weighted by Crippen LogP contribution is -2.39. The van der Waals surface area contributed by atoms with Crippen molar-refractivity contribution in [3.63, 3.8) is 0 Å². The van der Waals surface area contributed by atoms with Crippen molar-refractivity contribution in [1.82, 2.24) is 9.80 Å². The lowest BCUT2D eigenvalue weighted by molar-refractivity contribution is -0.129. The number of benzene rings is 2. The molecule has 2 aliphatic heterocycles. The second kappa shape index (κ2) is 11.3. The fourth-order valence-electron chi connectivity index (χ4n) is 5.13. The number of hydrogen-bond donors (Lipinski definition) is 0. The molecule has 2 aromatic carbocycles. The zero-order valence-corrected chi connectivity index (χ0v) is 20.4. The second-order valence-electron chi connectivity index (χ2n) is 9.70. The van der Waals surface area contributed by atoms with E-state index in [1.807, 2.05) is 11.0 Å². The molecule has 0 atom stereocenters. The highest BCUT2D eigenvalue weighted by atomic mass is 35.5. The van der Waals surface area contributed by atoms with Crippen molar-refractivity contribution in [2.75, 3.05) is 25.5 Å². The van der Waals surface area contributed by atoms with Gasteiger partial charge >= 0.3 is 0 Å². The van der Waals surface area contributed by atoms with Gasteiger partial charge in [0.05, 0.1) is 0 Å². The van der Waals surface area contributed by atoms with Gasteiger partial charge in [-0.05, 0) is 74.2 Å². The first-order valence-corrected chi connectivity index (χ1v) is 12.8. The normalized spacial score (nSPS) is 17.5. The van der Waals surface area contributed by atoms with Crippen LogP contribution in [0.25, 0.3) is 0 Å². The Kier molecular flexibility index (Phi) is 8.21. The van der Waals surface area contributed by atoms with Crippen LogP contribution in [0.1, 0.15) is 64.7 Å². The van der Waals surface area contributed by atoms with Crippen LogP contribution in [0.2, 0.25) is 0 Å². The largest absolute Gasteiger partial charge is 0.342 e. The van der Waals surface area contributed by atoms with Gasteiger partial charge in [0, 0.05) is 38.2 Å². The lowest BCUT2D eigenvalue weighted by Gasteiger charge is -2.31. The van der Waals surface area contributed by atoms with E-state index >= 15 is 0 Å². The molecule has 2 heterocycles. The summed E-state index contributed by atoms with van der Waals surface area (Å²) in [4.78, 5) is 29.1. The molecule has 4 nitrogen and oxygen atoms in total. The molecule has 0 unspecified atom stereocenters. The van der Waals surface area contributed by atoms with Crippen LogP contribution in [0.5, 0.6) is 0 Å². The predicted octanol–water partition coefficient (Wildman–Crippen LogP) is 5.38. The highest BCUT2D eigenvalue weighted by molar-refractivity contribution is 6.27. The third-order valence-electron chi connectivity index (χ3n) is 7.23. The molecule has 0 radical (unpaired) electrons. The number of fused-ring (bicyclic) bond motifs is 1. The van der Waals surface area contributed by atoms with E-state index < -0.39 is 0 Å². The van der Waals surface area contributed by atoms with Crippen molar-refractivity contribution in [3.8, 4) is 0 Å². The maximum Gasteiger partial charge on any atom is 0.237 e. The van der Waals surface area contributed by atoms with Crippen molar-refractivity contribution < 1.29 is 9.59 Å². The van der Waals surface area contributed by atoms with E-state index in [0.717, 1.165) is 70.4 Å². The number of likely N-dealkylation sites (tertiary alicyclic amines) is 1. The average molecular weight is 467 g/mol. The number of piperidine rings is 1. The van der Waals surface area contributed by atoms with Gasteiger partial charge in [0.15, 0.2) is 5.78 Å². The van der Waals surface area contributed by atoms with Crippen molar-refractivity contribution in [1.29, 1.82) is 0 Å². The maximum atomic E-state index is 13.0. The monoisotopic (exact) mass is 466 g/mol. The van der Waals surface area contributed by atoms with Gasteiger partial charge in [-0.25, -0.2) is 0 Å². The standard InChI is InChI=1S/C28H35ClN2O2/c1-21-4-6-23(7-5-21)19-30-14-2-3-24-9-10-25(17-26(24)20-30)27(32)11-8-22-12-15-31(16-13-22)28(33)18-29/h4-7,9-10,17,22H,2-3,8,11-16,18-20H2,1H3. The van der Waals surface area contributed by atoms with E-state index in [2.05, 4.69) is 48.2 Å². The topological polar surface area (TPSA) is 40.6 Å². The van der Waals surface area contributed by atoms with Crippen LogP contribution in [0.3, 0.4) is 0 Å². The van der Waals surface area contributed by atoms with Gasteiger partial charge in [0.1, 0.15) is 5.88 Å². The SMILES string of the molecule is Cc1ccc(CN2CCCc3ccc(C(=O)CCC4CCN(C(=O)CCl)CC4)cc3C2)cc1. The van der Waals surface area contributed by atoms with E-state index in [0.29, 0.717) is 12.3 Å². The van der Waals surface area contributed by atoms with E-state index in [9.17, 15) is 9.59 Å². The molecule has 4 rings (SSSR count). The molecule has 1 fully saturated rings. The maximum absolute atomic E-state index is 13.0. The molecular formula is C28H35ClN2O2. The summed E-state index contributed by atoms with van der Waals surface area (Å²) in [5.41, 5.74) is 6.17. The second-order valence-corrected chi connectivity index (χ2v) is 9.97. The summed E-state index contributed by atoms with van der Waals surface area (Å²) in [6.07, 6.45) is 5.64. The van der Waals surface area contributed by atoms with Gasteiger partial charge in [0.25, 0.3) is 0 Å². The first-order chi connectivity index (χ1) is 16.0. The molecule has 2 aliphatic rings. The number of Topliss-reactive ketones (excluding diaryl/α,β-unsaturated/α-hetero) is 1. The van der Waals surface area contributed by atoms with Gasteiger partial charge in [-0.3, -0.25) is 14.5 Å². The first-order valence-electron chi connectivity index (χ1n) is 12.3. The summed E-state index contributed by atoms with van der Waals surface area (Å²) >= 11 is 5.67. The van der Waals surface area contributed by atoms with Crippen LogP contribution in [0.4, 0.5) is 0 Å². The van der Waals surface area contributed by atoms with Crippen molar-refractivity contribution >= 4 is 23.3 Å². The summed E-state index contributed by atoms with van der Waals surface area (Å²) in [5.74, 6) is 0.836. The summed E-state index contributed by atoms with van der Waals surface area (Å²) in [7, 11) is 0. The number of amides is 1. The van der Waals surface area contributed by atoms with Gasteiger partial charge in [0.2, 0.25) is 5.91 Å². The fourth-order valence-corrected chi connectivity index (χ4v) is 5.29. The van der Waals surface area contributed by atoms with Gasteiger partial charge in [-0.1, -0.05) is 42.0 Å². The Balaban J connectivity index is 1.33. The van der Waals surface area contributed by atoms with Gasteiger partial charge in [-0.15, -0.1) is 11.6 Å². The molecule has 176 valence electrons. The van der Waals surface area contributed by atoms with Gasteiger partial charge < -0.3 is 4.90 Å². The Morgan fingerprint density at radius 1 is 1.00 bits per heavy atom. The highest BCUT2D eigenvalue weighted by Gasteiger charge is 2.23. The molecule has 0 spiro atoms. The van der Waals surface area contributed by atoms with Crippen molar-refractivity contribution in [3.05, 3.63) is 70.3 Å². The number of hydrogen-bond acceptors (Lipinski definition) is 3. The van der Waals surface area contributed by atoms with Crippen LogP contribution in [0.15, 0.2) is 42.5 Å². The number of carbonyl (C=O) groups is 2. The van der Waals surface area contributed by atoms with Crippen LogP contribution in [-0.2, 0) is 24.3 Å². The number of carbonyl (C=O) groups excluding carboxylic acids is 2. The molecule has 0 aliphatic carbocycles. The molecule has 1 amide bonds. The van der Waals surface area contributed by atoms with Crippen molar-refractivity contribution in [2.45, 2.75) is 58.5 Å². The van der Waals surface area contributed by atoms with Crippen LogP contribution in [0, 0.1) is 12.8 Å². The van der Waals surface area contributed by atoms with Crippen LogP contribution >= 0.6 is 11.6 Å². The molecule has 0 aromatic heterocycles. The number of halogens is 1. The third-order valence-corrected chi connectivity index (χ3v) is 7.46. The van der Waals surface area contributed by atoms with Gasteiger partial charge in [-0.2, -0.15) is 0 Å². The first kappa shape index (κ1) is 24.0. The molecule has 0 N–H and O–H groups in total. The molecule has 0 bridgehead atoms. The van der Waals surface area contributed by atoms with Crippen LogP contribution in [-0.4, -0.2) is 47.0 Å². The fraction of sp³-hybridized carbons (Fsp3) is 0.500. The summed E-state index contributed by atoms with van der Waals surface area (Å²) in [6.45, 7) is 6.58. The summed E-state index contributed by atoms with van der Waals surface area (Å²) in [5, 5.41) is 0. The Labute approximate surface area is 202 Å². The number of rotatable bonds is 7. The smallest absolute Gasteiger partial charge is 0.237 e. The van der Waals surface area contributed by atoms with E-state index in [1.54, 1.807) is 0 Å².